The summed E-state index contributed by atoms with van der Waals surface area (Å²) in [7, 11) is 0. The van der Waals surface area contributed by atoms with Crippen molar-refractivity contribution in [2.75, 3.05) is 0 Å². The van der Waals surface area contributed by atoms with Crippen molar-refractivity contribution in [2.45, 2.75) is 12.8 Å². The van der Waals surface area contributed by atoms with Crippen LogP contribution in [-0.4, -0.2) is 5.78 Å². The predicted octanol–water partition coefficient (Wildman–Crippen LogP) is 4.08. The standard InChI is InChI=1S/C15H11BrF2O/c16-13-4-2-1-3-11(13)9-12(19)7-10-5-6-14(17)15(18)8-10/h1-6,8H,7,9H2. The summed E-state index contributed by atoms with van der Waals surface area (Å²) in [6, 6.07) is 11.0. The molecule has 0 aliphatic heterocycles. The molecule has 2 aromatic carbocycles. The van der Waals surface area contributed by atoms with Crippen molar-refractivity contribution in [1.29, 1.82) is 0 Å². The Hall–Kier alpha value is -1.55. The zero-order valence-corrected chi connectivity index (χ0v) is 11.6. The summed E-state index contributed by atoms with van der Waals surface area (Å²) in [5, 5.41) is 0. The fourth-order valence-corrected chi connectivity index (χ4v) is 2.22. The lowest BCUT2D eigenvalue weighted by Crippen LogP contribution is -2.07. The maximum Gasteiger partial charge on any atom is 0.159 e. The van der Waals surface area contributed by atoms with Gasteiger partial charge in [0.15, 0.2) is 11.6 Å². The third kappa shape index (κ3) is 3.70. The Morgan fingerprint density at radius 2 is 1.74 bits per heavy atom. The van der Waals surface area contributed by atoms with Crippen LogP contribution in [0.1, 0.15) is 11.1 Å². The summed E-state index contributed by atoms with van der Waals surface area (Å²) in [6.45, 7) is 0. The number of ketones is 1. The van der Waals surface area contributed by atoms with E-state index >= 15 is 0 Å². The van der Waals surface area contributed by atoms with Gasteiger partial charge in [-0.25, -0.2) is 8.78 Å². The molecule has 0 N–H and O–H groups in total. The van der Waals surface area contributed by atoms with Crippen LogP contribution < -0.4 is 0 Å². The number of rotatable bonds is 4. The van der Waals surface area contributed by atoms with Gasteiger partial charge in [-0.2, -0.15) is 0 Å². The first-order valence-electron chi connectivity index (χ1n) is 5.75. The number of carbonyl (C=O) groups excluding carboxylic acids is 1. The molecule has 0 fully saturated rings. The molecule has 0 radical (unpaired) electrons. The Morgan fingerprint density at radius 3 is 2.42 bits per heavy atom. The quantitative estimate of drug-likeness (QED) is 0.828. The summed E-state index contributed by atoms with van der Waals surface area (Å²) in [6.07, 6.45) is 0.360. The molecule has 0 atom stereocenters. The van der Waals surface area contributed by atoms with Gasteiger partial charge in [-0.3, -0.25) is 4.79 Å². The maximum atomic E-state index is 13.0. The largest absolute Gasteiger partial charge is 0.299 e. The van der Waals surface area contributed by atoms with Gasteiger partial charge in [-0.15, -0.1) is 0 Å². The van der Waals surface area contributed by atoms with Crippen LogP contribution in [0.25, 0.3) is 0 Å². The van der Waals surface area contributed by atoms with Gasteiger partial charge in [-0.1, -0.05) is 40.2 Å². The SMILES string of the molecule is O=C(Cc1ccc(F)c(F)c1)Cc1ccccc1Br. The Kier molecular flexibility index (Phi) is 4.43. The molecule has 0 saturated carbocycles. The Morgan fingerprint density at radius 1 is 1.00 bits per heavy atom. The molecular weight excluding hydrogens is 314 g/mol. The van der Waals surface area contributed by atoms with Gasteiger partial charge >= 0.3 is 0 Å². The van der Waals surface area contributed by atoms with E-state index in [4.69, 9.17) is 0 Å². The Labute approximate surface area is 118 Å². The average molecular weight is 325 g/mol. The minimum absolute atomic E-state index is 0.0436. The molecule has 0 saturated heterocycles. The molecule has 0 unspecified atom stereocenters. The summed E-state index contributed by atoms with van der Waals surface area (Å²) >= 11 is 3.37. The van der Waals surface area contributed by atoms with Gasteiger partial charge in [0.1, 0.15) is 5.78 Å². The number of hydrogen-bond acceptors (Lipinski definition) is 1. The smallest absolute Gasteiger partial charge is 0.159 e. The molecule has 2 aromatic rings. The van der Waals surface area contributed by atoms with Crippen molar-refractivity contribution < 1.29 is 13.6 Å². The monoisotopic (exact) mass is 324 g/mol. The van der Waals surface area contributed by atoms with E-state index in [1.54, 1.807) is 0 Å². The molecule has 0 bridgehead atoms. The first-order chi connectivity index (χ1) is 9.06. The molecule has 4 heteroatoms. The van der Waals surface area contributed by atoms with Gasteiger partial charge in [0, 0.05) is 17.3 Å². The number of carbonyl (C=O) groups is 1. The van der Waals surface area contributed by atoms with E-state index in [1.165, 1.54) is 6.07 Å². The second kappa shape index (κ2) is 6.06. The minimum atomic E-state index is -0.925. The number of Topliss-reactive ketones (excluding diaryl/α,β-unsaturated/α-hetero) is 1. The molecule has 0 aliphatic rings. The van der Waals surface area contributed by atoms with Crippen molar-refractivity contribution >= 4 is 21.7 Å². The summed E-state index contributed by atoms with van der Waals surface area (Å²) in [5.41, 5.74) is 1.37. The average Bonchev–Trinajstić information content (AvgIpc) is 2.37. The fraction of sp³-hybridized carbons (Fsp3) is 0.133. The Balaban J connectivity index is 2.05. The number of benzene rings is 2. The van der Waals surface area contributed by atoms with Crippen LogP contribution in [0.5, 0.6) is 0 Å². The molecule has 1 nitrogen and oxygen atoms in total. The first kappa shape index (κ1) is 13.9. The van der Waals surface area contributed by atoms with Crippen LogP contribution in [0.2, 0.25) is 0 Å². The first-order valence-corrected chi connectivity index (χ1v) is 6.54. The molecule has 0 aromatic heterocycles. The molecule has 0 amide bonds. The van der Waals surface area contributed by atoms with Crippen molar-refractivity contribution in [3.8, 4) is 0 Å². The summed E-state index contributed by atoms with van der Waals surface area (Å²) < 4.78 is 26.7. The topological polar surface area (TPSA) is 17.1 Å². The highest BCUT2D eigenvalue weighted by molar-refractivity contribution is 9.10. The second-order valence-electron chi connectivity index (χ2n) is 4.23. The molecule has 0 heterocycles. The van der Waals surface area contributed by atoms with Gasteiger partial charge in [0.05, 0.1) is 0 Å². The molecule has 19 heavy (non-hydrogen) atoms. The van der Waals surface area contributed by atoms with E-state index in [9.17, 15) is 13.6 Å². The van der Waals surface area contributed by atoms with Crippen LogP contribution in [0.15, 0.2) is 46.9 Å². The van der Waals surface area contributed by atoms with E-state index in [-0.39, 0.29) is 18.6 Å². The van der Waals surface area contributed by atoms with E-state index in [0.717, 1.165) is 22.2 Å². The molecule has 0 spiro atoms. The van der Waals surface area contributed by atoms with E-state index in [0.29, 0.717) is 5.56 Å². The summed E-state index contributed by atoms with van der Waals surface area (Å²) in [4.78, 5) is 11.9. The van der Waals surface area contributed by atoms with Crippen LogP contribution in [-0.2, 0) is 17.6 Å². The van der Waals surface area contributed by atoms with Crippen LogP contribution in [0.4, 0.5) is 8.78 Å². The van der Waals surface area contributed by atoms with E-state index in [2.05, 4.69) is 15.9 Å². The van der Waals surface area contributed by atoms with Crippen LogP contribution in [0, 0.1) is 11.6 Å². The van der Waals surface area contributed by atoms with Gasteiger partial charge in [-0.05, 0) is 29.3 Å². The lowest BCUT2D eigenvalue weighted by Gasteiger charge is -2.04. The lowest BCUT2D eigenvalue weighted by atomic mass is 10.0. The molecule has 2 rings (SSSR count). The highest BCUT2D eigenvalue weighted by Gasteiger charge is 2.09. The molecular formula is C15H11BrF2O. The maximum absolute atomic E-state index is 13.0. The fourth-order valence-electron chi connectivity index (χ4n) is 1.79. The van der Waals surface area contributed by atoms with E-state index < -0.39 is 11.6 Å². The van der Waals surface area contributed by atoms with Crippen molar-refractivity contribution in [1.82, 2.24) is 0 Å². The van der Waals surface area contributed by atoms with Crippen molar-refractivity contribution in [3.63, 3.8) is 0 Å². The van der Waals surface area contributed by atoms with Crippen molar-refractivity contribution in [3.05, 3.63) is 69.7 Å². The van der Waals surface area contributed by atoms with Crippen LogP contribution in [0.3, 0.4) is 0 Å². The zero-order valence-electron chi connectivity index (χ0n) is 10.00. The minimum Gasteiger partial charge on any atom is -0.299 e. The molecule has 0 aliphatic carbocycles. The normalized spacial score (nSPS) is 10.5. The van der Waals surface area contributed by atoms with E-state index in [1.807, 2.05) is 24.3 Å². The van der Waals surface area contributed by atoms with Crippen molar-refractivity contribution in [2.24, 2.45) is 0 Å². The van der Waals surface area contributed by atoms with Gasteiger partial charge in [0.2, 0.25) is 0 Å². The predicted molar refractivity (Wildman–Crippen MR) is 72.9 cm³/mol. The lowest BCUT2D eigenvalue weighted by molar-refractivity contribution is -0.117. The highest BCUT2D eigenvalue weighted by atomic mass is 79.9. The molecule has 98 valence electrons. The van der Waals surface area contributed by atoms with Gasteiger partial charge < -0.3 is 0 Å². The van der Waals surface area contributed by atoms with Crippen LogP contribution >= 0.6 is 15.9 Å². The second-order valence-corrected chi connectivity index (χ2v) is 5.09. The summed E-state index contributed by atoms with van der Waals surface area (Å²) in [5.74, 6) is -1.87. The highest BCUT2D eigenvalue weighted by Crippen LogP contribution is 2.17. The third-order valence-corrected chi connectivity index (χ3v) is 3.50. The Bertz CT molecular complexity index is 611. The van der Waals surface area contributed by atoms with Gasteiger partial charge in [0.25, 0.3) is 0 Å². The zero-order chi connectivity index (χ0) is 13.8. The number of hydrogen-bond donors (Lipinski definition) is 0. The third-order valence-electron chi connectivity index (χ3n) is 2.73. The number of halogens is 3.